The third-order valence-corrected chi connectivity index (χ3v) is 6.16. The predicted octanol–water partition coefficient (Wildman–Crippen LogP) is 4.63. The van der Waals surface area contributed by atoms with Crippen molar-refractivity contribution in [3.8, 4) is 11.4 Å². The molecule has 1 unspecified atom stereocenters. The smallest absolute Gasteiger partial charge is 0.174 e. The van der Waals surface area contributed by atoms with Crippen LogP contribution >= 0.6 is 11.6 Å². The van der Waals surface area contributed by atoms with Crippen LogP contribution in [0.5, 0.6) is 5.75 Å². The molecule has 168 valence electrons. The van der Waals surface area contributed by atoms with E-state index in [0.29, 0.717) is 23.1 Å². The number of aromatic nitrogens is 5. The summed E-state index contributed by atoms with van der Waals surface area (Å²) in [6, 6.07) is 13.2. The van der Waals surface area contributed by atoms with Gasteiger partial charge in [-0.2, -0.15) is 5.10 Å². The molecule has 0 aliphatic carbocycles. The number of ether oxygens (including phenoxy) is 1. The Labute approximate surface area is 197 Å². The molecule has 1 N–H and O–H groups in total. The van der Waals surface area contributed by atoms with E-state index in [1.54, 1.807) is 30.3 Å². The highest BCUT2D eigenvalue weighted by atomic mass is 35.5. The first kappa shape index (κ1) is 21.4. The van der Waals surface area contributed by atoms with Crippen molar-refractivity contribution < 1.29 is 9.84 Å². The molecule has 0 amide bonds. The van der Waals surface area contributed by atoms with Crippen molar-refractivity contribution in [1.82, 2.24) is 24.3 Å². The summed E-state index contributed by atoms with van der Waals surface area (Å²) < 4.78 is 9.32. The second-order valence-corrected chi connectivity index (χ2v) is 8.61. The summed E-state index contributed by atoms with van der Waals surface area (Å²) in [5, 5.41) is 16.7. The minimum absolute atomic E-state index is 0.549. The first-order valence-corrected chi connectivity index (χ1v) is 11.1. The number of hydrogen-bond donors (Lipinski definition) is 1. The number of rotatable bonds is 5. The summed E-state index contributed by atoms with van der Waals surface area (Å²) in [6.07, 6.45) is 8.91. The normalized spacial score (nSPS) is 17.9. The van der Waals surface area contributed by atoms with Crippen molar-refractivity contribution in [2.45, 2.75) is 31.9 Å². The van der Waals surface area contributed by atoms with Crippen LogP contribution in [0.1, 0.15) is 41.3 Å². The van der Waals surface area contributed by atoms with Gasteiger partial charge in [-0.15, -0.1) is 0 Å². The zero-order chi connectivity index (χ0) is 23.0. The molecule has 2 aromatic heterocycles. The summed E-state index contributed by atoms with van der Waals surface area (Å²) in [5.74, 6) is 1.84. The van der Waals surface area contributed by atoms with Crippen molar-refractivity contribution >= 4 is 23.8 Å². The number of aryl methyl sites for hydroxylation is 2. The van der Waals surface area contributed by atoms with E-state index in [1.165, 1.54) is 0 Å². The zero-order valence-corrected chi connectivity index (χ0v) is 19.2. The molecular formula is C25H24ClN5O2. The Morgan fingerprint density at radius 1 is 1.15 bits per heavy atom. The first-order valence-electron chi connectivity index (χ1n) is 10.8. The van der Waals surface area contributed by atoms with Crippen LogP contribution in [0.3, 0.4) is 0 Å². The summed E-state index contributed by atoms with van der Waals surface area (Å²) in [7, 11) is 1.65. The molecule has 8 heteroatoms. The van der Waals surface area contributed by atoms with E-state index in [0.717, 1.165) is 41.2 Å². The van der Waals surface area contributed by atoms with Gasteiger partial charge in [0.1, 0.15) is 11.4 Å². The number of methoxy groups -OCH3 is 1. The van der Waals surface area contributed by atoms with Crippen LogP contribution in [-0.2, 0) is 12.1 Å². The lowest BCUT2D eigenvalue weighted by Crippen LogP contribution is -2.35. The second-order valence-electron chi connectivity index (χ2n) is 8.17. The standard InChI is InChI=1S/C25H24ClN5O2/c1-17-15-30(16-27-17)21-10-4-18(14-22(21)33-2)5-11-23-28-24-25(32,12-3-13-31(24)29-23)19-6-8-20(26)9-7-19/h4-11,14-16,32H,3,12-13H2,1-2H3/b11-5+. The van der Waals surface area contributed by atoms with E-state index in [2.05, 4.69) is 15.1 Å². The first-order chi connectivity index (χ1) is 16.0. The Morgan fingerprint density at radius 2 is 1.97 bits per heavy atom. The third-order valence-electron chi connectivity index (χ3n) is 5.91. The predicted molar refractivity (Wildman–Crippen MR) is 127 cm³/mol. The van der Waals surface area contributed by atoms with Crippen LogP contribution < -0.4 is 4.74 Å². The Kier molecular flexibility index (Phi) is 5.52. The number of aliphatic hydroxyl groups is 1. The van der Waals surface area contributed by atoms with E-state index in [4.69, 9.17) is 16.3 Å². The fourth-order valence-corrected chi connectivity index (χ4v) is 4.35. The molecule has 33 heavy (non-hydrogen) atoms. The quantitative estimate of drug-likeness (QED) is 0.468. The van der Waals surface area contributed by atoms with Gasteiger partial charge in [-0.05, 0) is 61.2 Å². The van der Waals surface area contributed by atoms with Crippen molar-refractivity contribution in [3.63, 3.8) is 0 Å². The SMILES string of the molecule is COc1cc(/C=C/c2nc3n(n2)CCCC3(O)c2ccc(Cl)cc2)ccc1-n1cnc(C)c1. The molecule has 0 fully saturated rings. The largest absolute Gasteiger partial charge is 0.495 e. The van der Waals surface area contributed by atoms with E-state index < -0.39 is 5.60 Å². The Balaban J connectivity index is 1.43. The van der Waals surface area contributed by atoms with Crippen LogP contribution in [0.4, 0.5) is 0 Å². The van der Waals surface area contributed by atoms with Gasteiger partial charge < -0.3 is 14.4 Å². The molecule has 3 heterocycles. The van der Waals surface area contributed by atoms with Crippen molar-refractivity contribution in [2.24, 2.45) is 0 Å². The Bertz CT molecular complexity index is 1330. The maximum atomic E-state index is 11.5. The fourth-order valence-electron chi connectivity index (χ4n) is 4.22. The molecule has 5 rings (SSSR count). The van der Waals surface area contributed by atoms with Crippen molar-refractivity contribution in [3.05, 3.63) is 88.5 Å². The van der Waals surface area contributed by atoms with Gasteiger partial charge in [0.15, 0.2) is 11.6 Å². The Hall–Kier alpha value is -3.42. The number of benzene rings is 2. The van der Waals surface area contributed by atoms with Gasteiger partial charge in [0.25, 0.3) is 0 Å². The highest BCUT2D eigenvalue weighted by Gasteiger charge is 2.39. The number of halogens is 1. The maximum absolute atomic E-state index is 11.5. The molecule has 0 saturated carbocycles. The van der Waals surface area contributed by atoms with E-state index in [1.807, 2.05) is 60.2 Å². The molecule has 2 aromatic carbocycles. The van der Waals surface area contributed by atoms with Crippen LogP contribution in [0, 0.1) is 6.92 Å². The molecule has 0 radical (unpaired) electrons. The van der Waals surface area contributed by atoms with E-state index in [9.17, 15) is 5.11 Å². The summed E-state index contributed by atoms with van der Waals surface area (Å²) in [4.78, 5) is 8.95. The van der Waals surface area contributed by atoms with Crippen molar-refractivity contribution in [1.29, 1.82) is 0 Å². The Morgan fingerprint density at radius 3 is 2.70 bits per heavy atom. The third kappa shape index (κ3) is 4.05. The molecule has 0 saturated heterocycles. The monoisotopic (exact) mass is 461 g/mol. The van der Waals surface area contributed by atoms with Crippen LogP contribution in [0.2, 0.25) is 5.02 Å². The molecular weight excluding hydrogens is 438 g/mol. The summed E-state index contributed by atoms with van der Waals surface area (Å²) in [5.41, 5.74) is 2.39. The van der Waals surface area contributed by atoms with Crippen LogP contribution in [0.25, 0.3) is 17.8 Å². The lowest BCUT2D eigenvalue weighted by atomic mass is 9.86. The van der Waals surface area contributed by atoms with Gasteiger partial charge in [0.05, 0.1) is 24.8 Å². The highest BCUT2D eigenvalue weighted by molar-refractivity contribution is 6.30. The lowest BCUT2D eigenvalue weighted by molar-refractivity contribution is 0.0395. The van der Waals surface area contributed by atoms with Gasteiger partial charge in [-0.1, -0.05) is 35.9 Å². The fraction of sp³-hybridized carbons (Fsp3) is 0.240. The number of imidazole rings is 1. The molecule has 7 nitrogen and oxygen atoms in total. The second kappa shape index (κ2) is 8.50. The summed E-state index contributed by atoms with van der Waals surface area (Å²) >= 11 is 6.03. The average molecular weight is 462 g/mol. The number of nitrogens with zero attached hydrogens (tertiary/aromatic N) is 5. The average Bonchev–Trinajstić information content (AvgIpc) is 3.45. The van der Waals surface area contributed by atoms with Gasteiger partial charge in [-0.25, -0.2) is 14.6 Å². The van der Waals surface area contributed by atoms with Gasteiger partial charge in [-0.3, -0.25) is 0 Å². The number of fused-ring (bicyclic) bond motifs is 1. The van der Waals surface area contributed by atoms with Crippen LogP contribution in [0.15, 0.2) is 55.0 Å². The van der Waals surface area contributed by atoms with Gasteiger partial charge in [0.2, 0.25) is 0 Å². The number of hydrogen-bond acceptors (Lipinski definition) is 5. The van der Waals surface area contributed by atoms with Gasteiger partial charge >= 0.3 is 0 Å². The summed E-state index contributed by atoms with van der Waals surface area (Å²) in [6.45, 7) is 2.67. The van der Waals surface area contributed by atoms with E-state index >= 15 is 0 Å². The maximum Gasteiger partial charge on any atom is 0.174 e. The molecule has 0 bridgehead atoms. The lowest BCUT2D eigenvalue weighted by Gasteiger charge is -2.31. The van der Waals surface area contributed by atoms with E-state index in [-0.39, 0.29) is 0 Å². The minimum atomic E-state index is -1.18. The molecule has 1 aliphatic rings. The minimum Gasteiger partial charge on any atom is -0.495 e. The molecule has 1 aliphatic heterocycles. The van der Waals surface area contributed by atoms with Gasteiger partial charge in [0, 0.05) is 17.8 Å². The molecule has 0 spiro atoms. The molecule has 4 aromatic rings. The highest BCUT2D eigenvalue weighted by Crippen LogP contribution is 2.37. The zero-order valence-electron chi connectivity index (χ0n) is 18.4. The molecule has 1 atom stereocenters. The van der Waals surface area contributed by atoms with Crippen LogP contribution in [-0.4, -0.2) is 36.5 Å². The topological polar surface area (TPSA) is 78.0 Å². The van der Waals surface area contributed by atoms with Crippen molar-refractivity contribution in [2.75, 3.05) is 7.11 Å².